The van der Waals surface area contributed by atoms with Gasteiger partial charge in [0, 0.05) is 6.54 Å². The van der Waals surface area contributed by atoms with Gasteiger partial charge in [-0.1, -0.05) is 6.07 Å². The molecule has 1 atom stereocenters. The molecule has 1 aromatic carbocycles. The molecule has 0 aliphatic rings. The first-order valence-electron chi connectivity index (χ1n) is 5.46. The van der Waals surface area contributed by atoms with Gasteiger partial charge in [-0.3, -0.25) is 0 Å². The lowest BCUT2D eigenvalue weighted by atomic mass is 10.4. The van der Waals surface area contributed by atoms with Crippen LogP contribution in [0.2, 0.25) is 0 Å². The Bertz CT molecular complexity index is 728. The van der Waals surface area contributed by atoms with Gasteiger partial charge < -0.3 is 9.84 Å². The average Bonchev–Trinajstić information content (AvgIpc) is 2.43. The zero-order valence-corrected chi connectivity index (χ0v) is 12.5. The Kier molecular flexibility index (Phi) is 5.42. The summed E-state index contributed by atoms with van der Waals surface area (Å²) in [6.07, 6.45) is -1.67. The van der Waals surface area contributed by atoms with Crippen LogP contribution in [0.3, 0.4) is 0 Å². The molecule has 0 aromatic heterocycles. The van der Waals surface area contributed by atoms with Crippen molar-refractivity contribution in [2.24, 2.45) is 5.14 Å². The maximum absolute atomic E-state index is 11.9. The van der Waals surface area contributed by atoms with Gasteiger partial charge in [0.15, 0.2) is 6.10 Å². The van der Waals surface area contributed by atoms with Crippen molar-refractivity contribution >= 4 is 26.0 Å². The maximum atomic E-state index is 11.9. The molecule has 0 saturated carbocycles. The van der Waals surface area contributed by atoms with Gasteiger partial charge in [-0.05, 0) is 18.2 Å². The van der Waals surface area contributed by atoms with Crippen molar-refractivity contribution in [3.05, 3.63) is 24.3 Å². The Morgan fingerprint density at radius 2 is 1.90 bits per heavy atom. The third-order valence-corrected chi connectivity index (χ3v) is 4.72. The molecule has 0 fully saturated rings. The number of nitrogens with two attached hydrogens (primary N) is 1. The second kappa shape index (κ2) is 6.49. The van der Waals surface area contributed by atoms with Gasteiger partial charge in [0.25, 0.3) is 0 Å². The van der Waals surface area contributed by atoms with Gasteiger partial charge in [0.1, 0.15) is 0 Å². The van der Waals surface area contributed by atoms with Crippen LogP contribution in [-0.2, 0) is 29.6 Å². The molecule has 0 bridgehead atoms. The first-order chi connectivity index (χ1) is 9.58. The Morgan fingerprint density at radius 3 is 2.43 bits per heavy atom. The number of ether oxygens (including phenoxy) is 1. The van der Waals surface area contributed by atoms with Crippen molar-refractivity contribution in [3.63, 3.8) is 0 Å². The molecular formula is C10H14N2O7S2. The topological polar surface area (TPSA) is 153 Å². The first kappa shape index (κ1) is 17.5. The molecule has 118 valence electrons. The molecule has 0 aliphatic carbocycles. The number of sulfonamides is 2. The van der Waals surface area contributed by atoms with Crippen LogP contribution >= 0.6 is 0 Å². The van der Waals surface area contributed by atoms with E-state index in [1.807, 2.05) is 4.72 Å². The zero-order valence-electron chi connectivity index (χ0n) is 10.9. The fourth-order valence-electron chi connectivity index (χ4n) is 1.31. The normalized spacial score (nSPS) is 13.7. The molecule has 4 N–H and O–H groups in total. The highest BCUT2D eigenvalue weighted by Gasteiger charge is 2.21. The summed E-state index contributed by atoms with van der Waals surface area (Å²) >= 11 is 0. The number of carbonyl (C=O) groups is 1. The molecule has 0 radical (unpaired) electrons. The Balaban J connectivity index is 2.97. The van der Waals surface area contributed by atoms with Gasteiger partial charge in [-0.25, -0.2) is 31.5 Å². The third kappa shape index (κ3) is 4.75. The van der Waals surface area contributed by atoms with Gasteiger partial charge in [0.05, 0.1) is 16.9 Å². The predicted octanol–water partition coefficient (Wildman–Crippen LogP) is -1.85. The molecule has 1 rings (SSSR count). The monoisotopic (exact) mass is 338 g/mol. The van der Waals surface area contributed by atoms with Gasteiger partial charge in [0.2, 0.25) is 20.0 Å². The molecule has 0 spiro atoms. The number of benzene rings is 1. The van der Waals surface area contributed by atoms with Crippen LogP contribution in [0.15, 0.2) is 34.1 Å². The lowest BCUT2D eigenvalue weighted by molar-refractivity contribution is -0.149. The van der Waals surface area contributed by atoms with Crippen LogP contribution < -0.4 is 9.86 Å². The quantitative estimate of drug-likeness (QED) is 0.514. The van der Waals surface area contributed by atoms with Crippen LogP contribution in [0.5, 0.6) is 0 Å². The van der Waals surface area contributed by atoms with E-state index in [1.165, 1.54) is 6.07 Å². The van der Waals surface area contributed by atoms with Crippen molar-refractivity contribution in [3.8, 4) is 0 Å². The summed E-state index contributed by atoms with van der Waals surface area (Å²) in [4.78, 5) is 10.2. The third-order valence-electron chi connectivity index (χ3n) is 2.38. The number of esters is 1. The van der Waals surface area contributed by atoms with Gasteiger partial charge in [-0.2, -0.15) is 0 Å². The molecule has 0 heterocycles. The van der Waals surface area contributed by atoms with E-state index in [1.54, 1.807) is 0 Å². The zero-order chi connectivity index (χ0) is 16.3. The summed E-state index contributed by atoms with van der Waals surface area (Å²) in [5, 5.41) is 14.2. The molecule has 1 aromatic rings. The lowest BCUT2D eigenvalue weighted by Gasteiger charge is -2.11. The van der Waals surface area contributed by atoms with Crippen molar-refractivity contribution in [2.45, 2.75) is 15.9 Å². The Hall–Kier alpha value is -1.53. The lowest BCUT2D eigenvalue weighted by Crippen LogP contribution is -2.37. The van der Waals surface area contributed by atoms with Crippen molar-refractivity contribution < 1.29 is 31.5 Å². The van der Waals surface area contributed by atoms with Gasteiger partial charge >= 0.3 is 5.97 Å². The van der Waals surface area contributed by atoms with E-state index in [4.69, 9.17) is 5.14 Å². The number of primary sulfonamides is 1. The number of hydrogen-bond acceptors (Lipinski definition) is 7. The number of methoxy groups -OCH3 is 1. The maximum Gasteiger partial charge on any atom is 0.336 e. The van der Waals surface area contributed by atoms with Crippen LogP contribution in [-0.4, -0.2) is 47.7 Å². The van der Waals surface area contributed by atoms with E-state index in [-0.39, 0.29) is 9.79 Å². The first-order valence-corrected chi connectivity index (χ1v) is 8.49. The smallest absolute Gasteiger partial charge is 0.336 e. The summed E-state index contributed by atoms with van der Waals surface area (Å²) in [6, 6.07) is 4.34. The number of hydrogen-bond donors (Lipinski definition) is 3. The minimum Gasteiger partial charge on any atom is -0.467 e. The number of aliphatic hydroxyl groups excluding tert-OH is 1. The second-order valence-corrected chi connectivity index (χ2v) is 7.24. The van der Waals surface area contributed by atoms with E-state index in [0.717, 1.165) is 25.3 Å². The van der Waals surface area contributed by atoms with Crippen molar-refractivity contribution in [1.82, 2.24) is 4.72 Å². The number of carbonyl (C=O) groups excluding carboxylic acids is 1. The molecule has 0 aliphatic heterocycles. The minimum absolute atomic E-state index is 0.369. The Labute approximate surface area is 121 Å². The SMILES string of the molecule is COC(=O)C(O)CNS(=O)(=O)c1cccc(S(N)(=O)=O)c1. The van der Waals surface area contributed by atoms with E-state index >= 15 is 0 Å². The molecule has 0 amide bonds. The largest absolute Gasteiger partial charge is 0.467 e. The Morgan fingerprint density at radius 1 is 1.33 bits per heavy atom. The molecule has 9 nitrogen and oxygen atoms in total. The number of aliphatic hydroxyl groups is 1. The van der Waals surface area contributed by atoms with Crippen LogP contribution in [0.1, 0.15) is 0 Å². The van der Waals surface area contributed by atoms with Crippen LogP contribution in [0.25, 0.3) is 0 Å². The fourth-order valence-corrected chi connectivity index (χ4v) is 3.03. The standard InChI is InChI=1S/C10H14N2O7S2/c1-19-10(14)9(13)6-12-21(17,18)8-4-2-3-7(5-8)20(11,15)16/h2-5,9,12-13H,6H2,1H3,(H2,11,15,16). The average molecular weight is 338 g/mol. The number of rotatable bonds is 6. The summed E-state index contributed by atoms with van der Waals surface area (Å²) in [5.74, 6) is -1.00. The van der Waals surface area contributed by atoms with Crippen molar-refractivity contribution in [2.75, 3.05) is 13.7 Å². The minimum atomic E-state index is -4.12. The highest BCUT2D eigenvalue weighted by atomic mass is 32.2. The van der Waals surface area contributed by atoms with E-state index in [9.17, 15) is 26.7 Å². The van der Waals surface area contributed by atoms with E-state index < -0.39 is 38.7 Å². The highest BCUT2D eigenvalue weighted by molar-refractivity contribution is 7.90. The van der Waals surface area contributed by atoms with Crippen molar-refractivity contribution in [1.29, 1.82) is 0 Å². The highest BCUT2D eigenvalue weighted by Crippen LogP contribution is 2.14. The summed E-state index contributed by atoms with van der Waals surface area (Å²) in [5.41, 5.74) is 0. The predicted molar refractivity (Wildman–Crippen MR) is 71.0 cm³/mol. The molecule has 0 saturated heterocycles. The number of nitrogens with one attached hydrogen (secondary N) is 1. The van der Waals surface area contributed by atoms with Gasteiger partial charge in [-0.15, -0.1) is 0 Å². The molecule has 1 unspecified atom stereocenters. The van der Waals surface area contributed by atoms with Crippen LogP contribution in [0, 0.1) is 0 Å². The van der Waals surface area contributed by atoms with E-state index in [2.05, 4.69) is 4.74 Å². The second-order valence-electron chi connectivity index (χ2n) is 3.91. The molecular weight excluding hydrogens is 324 g/mol. The summed E-state index contributed by atoms with van der Waals surface area (Å²) in [7, 11) is -7.13. The van der Waals surface area contributed by atoms with E-state index in [0.29, 0.717) is 0 Å². The molecule has 11 heteroatoms. The summed E-state index contributed by atoms with van der Waals surface area (Å²) < 4.78 is 52.4. The van der Waals surface area contributed by atoms with Crippen LogP contribution in [0.4, 0.5) is 0 Å². The fraction of sp³-hybridized carbons (Fsp3) is 0.300. The molecule has 21 heavy (non-hydrogen) atoms. The summed E-state index contributed by atoms with van der Waals surface area (Å²) in [6.45, 7) is -0.616.